The Morgan fingerprint density at radius 1 is 0.840 bits per heavy atom. The molecule has 0 amide bonds. The molecular formula is C42H47GeIrN5O-2. The largest absolute Gasteiger partial charge is 0.486 e. The van der Waals surface area contributed by atoms with Gasteiger partial charge in [-0.1, -0.05) is 30.7 Å². The molecule has 5 aromatic heterocycles. The van der Waals surface area contributed by atoms with E-state index in [1.54, 1.807) is 0 Å². The fourth-order valence-corrected chi connectivity index (χ4v) is 10.1. The number of aromatic nitrogens is 5. The minimum Gasteiger partial charge on any atom is -0.486 e. The molecule has 7 rings (SSSR count). The molecule has 1 radical (unpaired) electrons. The predicted molar refractivity (Wildman–Crippen MR) is 206 cm³/mol. The normalized spacial score (nSPS) is 11.9. The fourth-order valence-electron chi connectivity index (χ4n) is 6.61. The van der Waals surface area contributed by atoms with Crippen molar-refractivity contribution in [1.82, 2.24) is 24.5 Å². The van der Waals surface area contributed by atoms with Crippen LogP contribution in [-0.4, -0.2) is 37.8 Å². The van der Waals surface area contributed by atoms with Crippen molar-refractivity contribution in [2.24, 2.45) is 0 Å². The Labute approximate surface area is 312 Å². The summed E-state index contributed by atoms with van der Waals surface area (Å²) in [6.07, 6.45) is 5.83. The van der Waals surface area contributed by atoms with Gasteiger partial charge < -0.3 is 8.98 Å². The number of nitrogens with zero attached hydrogens (tertiary/aromatic N) is 5. The van der Waals surface area contributed by atoms with Crippen molar-refractivity contribution in [3.63, 3.8) is 0 Å². The van der Waals surface area contributed by atoms with Gasteiger partial charge in [-0.05, 0) is 45.4 Å². The molecule has 0 unspecified atom stereocenters. The molecule has 50 heavy (non-hydrogen) atoms. The van der Waals surface area contributed by atoms with Crippen LogP contribution < -0.4 is 4.40 Å². The van der Waals surface area contributed by atoms with E-state index in [1.165, 1.54) is 15.5 Å². The summed E-state index contributed by atoms with van der Waals surface area (Å²) in [5.41, 5.74) is 11.2. The van der Waals surface area contributed by atoms with E-state index in [0.29, 0.717) is 17.5 Å². The Morgan fingerprint density at radius 2 is 1.58 bits per heavy atom. The maximum absolute atomic E-state index is 6.36. The SMILES string of the molecule is CC(C)c1cc(-c2[c-]cccc2)nc[c]1[Ge]([CH3])([CH3])[CH3].Cc1ccc2c(n1)oc1c(-c3nc4cncc(C)c4n3C(C)C)[c-]cc(C(C)C)c12.[Ir]. The third kappa shape index (κ3) is 7.23. The summed E-state index contributed by atoms with van der Waals surface area (Å²) in [4.78, 5) is 18.6. The molecule has 0 spiro atoms. The number of hydrogen-bond acceptors (Lipinski definition) is 5. The second kappa shape index (κ2) is 14.9. The zero-order chi connectivity index (χ0) is 35.2. The van der Waals surface area contributed by atoms with Crippen LogP contribution in [0.2, 0.25) is 17.3 Å². The summed E-state index contributed by atoms with van der Waals surface area (Å²) in [6.45, 7) is 17.3. The van der Waals surface area contributed by atoms with Crippen molar-refractivity contribution >= 4 is 50.8 Å². The van der Waals surface area contributed by atoms with Crippen LogP contribution in [0, 0.1) is 26.0 Å². The van der Waals surface area contributed by atoms with E-state index in [9.17, 15) is 0 Å². The summed E-state index contributed by atoms with van der Waals surface area (Å²) in [5.74, 6) is 9.03. The van der Waals surface area contributed by atoms with Crippen LogP contribution in [0.5, 0.6) is 0 Å². The van der Waals surface area contributed by atoms with Crippen LogP contribution in [0.1, 0.15) is 81.8 Å². The average Bonchev–Trinajstić information content (AvgIpc) is 3.64. The van der Waals surface area contributed by atoms with Gasteiger partial charge in [0.25, 0.3) is 0 Å². The number of fused-ring (bicyclic) bond motifs is 4. The molecule has 8 heteroatoms. The zero-order valence-corrected chi connectivity index (χ0v) is 35.6. The van der Waals surface area contributed by atoms with Gasteiger partial charge in [0.15, 0.2) is 0 Å². The molecule has 6 nitrogen and oxygen atoms in total. The average molecular weight is 903 g/mol. The van der Waals surface area contributed by atoms with E-state index < -0.39 is 13.3 Å². The molecule has 0 aliphatic rings. The second-order valence-electron chi connectivity index (χ2n) is 14.9. The van der Waals surface area contributed by atoms with Gasteiger partial charge in [-0.25, -0.2) is 4.98 Å². The van der Waals surface area contributed by atoms with Crippen molar-refractivity contribution in [2.45, 2.75) is 90.5 Å². The fraction of sp³-hybridized carbons (Fsp3) is 0.333. The molecular weight excluding hydrogens is 855 g/mol. The van der Waals surface area contributed by atoms with Gasteiger partial charge in [0.1, 0.15) is 0 Å². The zero-order valence-electron chi connectivity index (χ0n) is 31.1. The Bertz CT molecular complexity index is 2280. The van der Waals surface area contributed by atoms with Crippen LogP contribution in [-0.2, 0) is 20.1 Å². The van der Waals surface area contributed by atoms with Crippen LogP contribution >= 0.6 is 0 Å². The third-order valence-corrected chi connectivity index (χ3v) is 13.3. The van der Waals surface area contributed by atoms with E-state index in [2.05, 4.69) is 128 Å². The summed E-state index contributed by atoms with van der Waals surface area (Å²) in [5, 5.41) is 2.15. The van der Waals surface area contributed by atoms with Crippen LogP contribution in [0.25, 0.3) is 55.7 Å². The van der Waals surface area contributed by atoms with Crippen LogP contribution in [0.3, 0.4) is 0 Å². The quantitative estimate of drug-likeness (QED) is 0.123. The first-order valence-corrected chi connectivity index (χ1v) is 24.6. The van der Waals surface area contributed by atoms with Gasteiger partial charge in [-0.3, -0.25) is 9.97 Å². The van der Waals surface area contributed by atoms with Crippen molar-refractivity contribution in [3.8, 4) is 22.6 Å². The van der Waals surface area contributed by atoms with E-state index in [1.807, 2.05) is 43.6 Å². The molecule has 261 valence electrons. The molecule has 0 N–H and O–H groups in total. The summed E-state index contributed by atoms with van der Waals surface area (Å²) >= 11 is -1.85. The smallest absolute Gasteiger partial charge is 0.216 e. The summed E-state index contributed by atoms with van der Waals surface area (Å²) in [6, 6.07) is 23.5. The molecule has 0 saturated carbocycles. The minimum atomic E-state index is -1.85. The van der Waals surface area contributed by atoms with E-state index in [0.717, 1.165) is 61.3 Å². The Balaban J connectivity index is 0.000000211. The first-order chi connectivity index (χ1) is 23.3. The number of benzene rings is 2. The van der Waals surface area contributed by atoms with Gasteiger partial charge in [-0.15, -0.1) is 17.7 Å². The molecule has 0 aliphatic carbocycles. The molecule has 0 atom stereocenters. The molecule has 0 aliphatic heterocycles. The van der Waals surface area contributed by atoms with Crippen molar-refractivity contribution < 1.29 is 24.5 Å². The Morgan fingerprint density at radius 3 is 2.22 bits per heavy atom. The number of imidazole rings is 1. The number of hydrogen-bond donors (Lipinski definition) is 0. The van der Waals surface area contributed by atoms with Gasteiger partial charge in [0.05, 0.1) is 28.6 Å². The van der Waals surface area contributed by atoms with Crippen molar-refractivity contribution in [3.05, 3.63) is 102 Å². The minimum absolute atomic E-state index is 0. The van der Waals surface area contributed by atoms with Gasteiger partial charge in [0.2, 0.25) is 5.71 Å². The molecule has 7 aromatic rings. The Hall–Kier alpha value is -3.65. The standard InChI is InChI=1S/C25H25N4O.C17H22GeN.Ir/c1-13(2)17-9-10-19(23-21(17)18-8-7-16(6)27-25(18)30-23)24-28-20-12-26-11-15(5)22(20)29(24)14(3)4;1-13(2)15-11-17(14-9-7-6-8-10-14)19-12-16(15)18(3,4)5;/h7-9,11-14H,1-6H3;6-9,11-13H,1-5H3;/q2*-1;. The maximum atomic E-state index is 6.36. The molecule has 2 aromatic carbocycles. The van der Waals surface area contributed by atoms with Crippen LogP contribution in [0.15, 0.2) is 71.5 Å². The van der Waals surface area contributed by atoms with Gasteiger partial charge >= 0.3 is 119 Å². The third-order valence-electron chi connectivity index (χ3n) is 9.07. The second-order valence-corrected chi connectivity index (χ2v) is 25.5. The summed E-state index contributed by atoms with van der Waals surface area (Å²) < 4.78 is 10.1. The van der Waals surface area contributed by atoms with Crippen molar-refractivity contribution in [1.29, 1.82) is 0 Å². The molecule has 0 bridgehead atoms. The number of pyridine rings is 3. The number of rotatable bonds is 6. The van der Waals surface area contributed by atoms with E-state index in [-0.39, 0.29) is 26.1 Å². The molecule has 5 heterocycles. The number of furan rings is 1. The maximum Gasteiger partial charge on any atom is 0.216 e. The van der Waals surface area contributed by atoms with Gasteiger partial charge in [0, 0.05) is 43.4 Å². The van der Waals surface area contributed by atoms with Gasteiger partial charge in [-0.2, -0.15) is 0 Å². The molecule has 0 fully saturated rings. The first-order valence-electron chi connectivity index (χ1n) is 17.3. The monoisotopic (exact) mass is 904 g/mol. The topological polar surface area (TPSA) is 69.6 Å². The first kappa shape index (κ1) is 37.6. The summed E-state index contributed by atoms with van der Waals surface area (Å²) in [7, 11) is 0. The van der Waals surface area contributed by atoms with E-state index in [4.69, 9.17) is 9.40 Å². The van der Waals surface area contributed by atoms with Crippen molar-refractivity contribution in [2.75, 3.05) is 0 Å². The number of aryl methyl sites for hydroxylation is 2. The Kier molecular flexibility index (Phi) is 11.2. The molecule has 0 saturated heterocycles. The van der Waals surface area contributed by atoms with E-state index >= 15 is 0 Å². The van der Waals surface area contributed by atoms with Crippen LogP contribution in [0.4, 0.5) is 0 Å². The predicted octanol–water partition coefficient (Wildman–Crippen LogP) is 10.7.